The van der Waals surface area contributed by atoms with E-state index in [4.69, 9.17) is 10.00 Å². The van der Waals surface area contributed by atoms with Gasteiger partial charge in [0.1, 0.15) is 0 Å². The number of para-hydroxylation sites is 1. The number of ether oxygens (including phenoxy) is 1. The fourth-order valence-corrected chi connectivity index (χ4v) is 2.86. The Bertz CT molecular complexity index is 886. The first kappa shape index (κ1) is 18.4. The van der Waals surface area contributed by atoms with Gasteiger partial charge in [-0.05, 0) is 30.3 Å². The molecule has 0 aromatic heterocycles. The summed E-state index contributed by atoms with van der Waals surface area (Å²) >= 11 is 0. The number of hydrogen-bond donors (Lipinski definition) is 0. The summed E-state index contributed by atoms with van der Waals surface area (Å²) in [7, 11) is 0. The van der Waals surface area contributed by atoms with E-state index in [0.717, 1.165) is 0 Å². The maximum Gasteiger partial charge on any atom is 0.260 e. The summed E-state index contributed by atoms with van der Waals surface area (Å²) in [4.78, 5) is 28.0. The van der Waals surface area contributed by atoms with E-state index in [1.807, 2.05) is 6.07 Å². The van der Waals surface area contributed by atoms with E-state index in [1.165, 1.54) is 12.1 Å². The van der Waals surface area contributed by atoms with Crippen LogP contribution >= 0.6 is 0 Å². The summed E-state index contributed by atoms with van der Waals surface area (Å²) in [6.07, 6.45) is 0. The number of nitriles is 1. The Balaban J connectivity index is 1.52. The number of rotatable bonds is 4. The summed E-state index contributed by atoms with van der Waals surface area (Å²) < 4.78 is 18.8. The highest BCUT2D eigenvalue weighted by Gasteiger charge is 2.25. The van der Waals surface area contributed by atoms with E-state index in [0.29, 0.717) is 37.3 Å². The highest BCUT2D eigenvalue weighted by atomic mass is 19.1. The Morgan fingerprint density at radius 3 is 2.44 bits per heavy atom. The molecular weight excluding hydrogens is 349 g/mol. The molecule has 2 aromatic carbocycles. The molecule has 0 N–H and O–H groups in total. The topological polar surface area (TPSA) is 73.6 Å². The van der Waals surface area contributed by atoms with Crippen LogP contribution in [0.3, 0.4) is 0 Å². The van der Waals surface area contributed by atoms with Gasteiger partial charge in [0.2, 0.25) is 0 Å². The summed E-state index contributed by atoms with van der Waals surface area (Å²) in [6.45, 7) is 1.29. The van der Waals surface area contributed by atoms with Gasteiger partial charge in [0.05, 0.1) is 11.6 Å². The molecule has 1 fully saturated rings. The van der Waals surface area contributed by atoms with Crippen molar-refractivity contribution in [1.82, 2.24) is 9.80 Å². The maximum absolute atomic E-state index is 13.5. The van der Waals surface area contributed by atoms with Gasteiger partial charge in [-0.1, -0.05) is 18.2 Å². The molecule has 0 aliphatic carbocycles. The van der Waals surface area contributed by atoms with E-state index in [9.17, 15) is 14.0 Å². The van der Waals surface area contributed by atoms with Gasteiger partial charge in [0.15, 0.2) is 18.2 Å². The first-order chi connectivity index (χ1) is 13.1. The smallest absolute Gasteiger partial charge is 0.260 e. The van der Waals surface area contributed by atoms with Gasteiger partial charge in [0, 0.05) is 31.7 Å². The van der Waals surface area contributed by atoms with Crippen LogP contribution in [-0.4, -0.2) is 54.4 Å². The lowest BCUT2D eigenvalue weighted by atomic mass is 10.1. The van der Waals surface area contributed by atoms with Crippen LogP contribution < -0.4 is 4.74 Å². The second-order valence-electron chi connectivity index (χ2n) is 6.08. The largest absolute Gasteiger partial charge is 0.481 e. The van der Waals surface area contributed by atoms with Crippen LogP contribution in [-0.2, 0) is 4.79 Å². The Kier molecular flexibility index (Phi) is 5.67. The van der Waals surface area contributed by atoms with Gasteiger partial charge < -0.3 is 14.5 Å². The summed E-state index contributed by atoms with van der Waals surface area (Å²) in [5.74, 6) is -0.893. The number of nitrogens with zero attached hydrogens (tertiary/aromatic N) is 3. The van der Waals surface area contributed by atoms with Crippen LogP contribution in [0, 0.1) is 17.1 Å². The normalized spacial score (nSPS) is 13.8. The number of benzene rings is 2. The molecule has 138 valence electrons. The quantitative estimate of drug-likeness (QED) is 0.829. The molecule has 3 rings (SSSR count). The van der Waals surface area contributed by atoms with E-state index in [-0.39, 0.29) is 24.2 Å². The van der Waals surface area contributed by atoms with Gasteiger partial charge >= 0.3 is 0 Å². The van der Waals surface area contributed by atoms with Crippen LogP contribution in [0.1, 0.15) is 15.9 Å². The van der Waals surface area contributed by atoms with Crippen molar-refractivity contribution in [2.75, 3.05) is 32.8 Å². The van der Waals surface area contributed by atoms with E-state index in [1.54, 1.807) is 46.2 Å². The van der Waals surface area contributed by atoms with Crippen molar-refractivity contribution in [2.45, 2.75) is 0 Å². The Hall–Kier alpha value is -3.40. The predicted molar refractivity (Wildman–Crippen MR) is 95.5 cm³/mol. The lowest BCUT2D eigenvalue weighted by molar-refractivity contribution is -0.134. The van der Waals surface area contributed by atoms with Crippen LogP contribution in [0.4, 0.5) is 4.39 Å². The van der Waals surface area contributed by atoms with Gasteiger partial charge in [-0.15, -0.1) is 0 Å². The van der Waals surface area contributed by atoms with E-state index >= 15 is 0 Å². The molecule has 27 heavy (non-hydrogen) atoms. The van der Waals surface area contributed by atoms with Crippen molar-refractivity contribution in [3.63, 3.8) is 0 Å². The SMILES string of the molecule is N#Cc1cccc(C(=O)N2CCN(C(=O)COc3ccccc3F)CC2)c1. The molecule has 0 spiro atoms. The zero-order chi connectivity index (χ0) is 19.2. The van der Waals surface area contributed by atoms with Crippen LogP contribution in [0.2, 0.25) is 0 Å². The van der Waals surface area contributed by atoms with Crippen LogP contribution in [0.15, 0.2) is 48.5 Å². The van der Waals surface area contributed by atoms with Crippen LogP contribution in [0.5, 0.6) is 5.75 Å². The van der Waals surface area contributed by atoms with Crippen molar-refractivity contribution in [1.29, 1.82) is 5.26 Å². The molecule has 1 heterocycles. The summed E-state index contributed by atoms with van der Waals surface area (Å²) in [6, 6.07) is 14.5. The molecule has 1 aliphatic rings. The van der Waals surface area contributed by atoms with Crippen LogP contribution in [0.25, 0.3) is 0 Å². The van der Waals surface area contributed by atoms with Gasteiger partial charge in [-0.25, -0.2) is 4.39 Å². The lowest BCUT2D eigenvalue weighted by Crippen LogP contribution is -2.51. The number of amides is 2. The molecule has 2 amide bonds. The average molecular weight is 367 g/mol. The molecule has 0 atom stereocenters. The number of halogens is 1. The Labute approximate surface area is 156 Å². The van der Waals surface area contributed by atoms with Crippen molar-refractivity contribution in [2.24, 2.45) is 0 Å². The van der Waals surface area contributed by atoms with Crippen molar-refractivity contribution in [3.05, 3.63) is 65.5 Å². The third-order valence-electron chi connectivity index (χ3n) is 4.35. The number of carbonyl (C=O) groups is 2. The summed E-state index contributed by atoms with van der Waals surface area (Å²) in [5, 5.41) is 8.95. The zero-order valence-corrected chi connectivity index (χ0v) is 14.6. The maximum atomic E-state index is 13.5. The van der Waals surface area contributed by atoms with Crippen molar-refractivity contribution >= 4 is 11.8 Å². The highest BCUT2D eigenvalue weighted by Crippen LogP contribution is 2.16. The van der Waals surface area contributed by atoms with Gasteiger partial charge in [-0.2, -0.15) is 5.26 Å². The second-order valence-corrected chi connectivity index (χ2v) is 6.08. The number of carbonyl (C=O) groups excluding carboxylic acids is 2. The van der Waals surface area contributed by atoms with E-state index in [2.05, 4.69) is 0 Å². The standard InChI is InChI=1S/C20H18FN3O3/c21-17-6-1-2-7-18(17)27-14-19(25)23-8-10-24(11-9-23)20(26)16-5-3-4-15(12-16)13-22/h1-7,12H,8-11,14H2. The zero-order valence-electron chi connectivity index (χ0n) is 14.6. The number of piperazine rings is 1. The molecule has 0 saturated carbocycles. The third-order valence-corrected chi connectivity index (χ3v) is 4.35. The van der Waals surface area contributed by atoms with Crippen molar-refractivity contribution < 1.29 is 18.7 Å². The molecule has 6 nitrogen and oxygen atoms in total. The molecule has 1 saturated heterocycles. The Morgan fingerprint density at radius 2 is 1.74 bits per heavy atom. The van der Waals surface area contributed by atoms with Gasteiger partial charge in [0.25, 0.3) is 11.8 Å². The molecule has 0 bridgehead atoms. The first-order valence-corrected chi connectivity index (χ1v) is 8.53. The summed E-state index contributed by atoms with van der Waals surface area (Å²) in [5.41, 5.74) is 0.886. The molecule has 2 aromatic rings. The highest BCUT2D eigenvalue weighted by molar-refractivity contribution is 5.94. The minimum absolute atomic E-state index is 0.0389. The predicted octanol–water partition coefficient (Wildman–Crippen LogP) is 2.06. The Morgan fingerprint density at radius 1 is 1.04 bits per heavy atom. The monoisotopic (exact) mass is 367 g/mol. The van der Waals surface area contributed by atoms with Gasteiger partial charge in [-0.3, -0.25) is 9.59 Å². The van der Waals surface area contributed by atoms with E-state index < -0.39 is 5.82 Å². The third kappa shape index (κ3) is 4.42. The molecule has 0 unspecified atom stereocenters. The molecule has 7 heteroatoms. The lowest BCUT2D eigenvalue weighted by Gasteiger charge is -2.34. The van der Waals surface area contributed by atoms with Crippen molar-refractivity contribution in [3.8, 4) is 11.8 Å². The fraction of sp³-hybridized carbons (Fsp3) is 0.250. The fourth-order valence-electron chi connectivity index (χ4n) is 2.86. The molecule has 0 radical (unpaired) electrons. The molecular formula is C20H18FN3O3. The minimum atomic E-state index is -0.514. The number of hydrogen-bond acceptors (Lipinski definition) is 4. The average Bonchev–Trinajstić information content (AvgIpc) is 2.72. The minimum Gasteiger partial charge on any atom is -0.481 e. The first-order valence-electron chi connectivity index (χ1n) is 8.53. The second kappa shape index (κ2) is 8.32. The molecule has 1 aliphatic heterocycles.